The summed E-state index contributed by atoms with van der Waals surface area (Å²) < 4.78 is 22.4. The van der Waals surface area contributed by atoms with Crippen LogP contribution >= 0.6 is 46.4 Å². The van der Waals surface area contributed by atoms with Gasteiger partial charge in [0.05, 0.1) is 20.1 Å². The highest BCUT2D eigenvalue weighted by Crippen LogP contribution is 2.41. The molecule has 9 heteroatoms. The van der Waals surface area contributed by atoms with Crippen LogP contribution in [0.15, 0.2) is 18.3 Å². The van der Waals surface area contributed by atoms with Crippen LogP contribution in [0.25, 0.3) is 0 Å². The smallest absolute Gasteiger partial charge is 0.238 e. The Morgan fingerprint density at radius 2 is 1.64 bits per heavy atom. The van der Waals surface area contributed by atoms with Gasteiger partial charge in [0, 0.05) is 6.42 Å². The fraction of sp³-hybridized carbons (Fsp3) is 0.154. The molecule has 0 radical (unpaired) electrons. The molecular formula is C13H8Cl4NO3S-. The minimum atomic E-state index is -2.71. The molecule has 22 heavy (non-hydrogen) atoms. The molecule has 0 N–H and O–H groups in total. The lowest BCUT2D eigenvalue weighted by Gasteiger charge is -2.16. The first-order valence-corrected chi connectivity index (χ1v) is 8.46. The molecule has 4 nitrogen and oxygen atoms in total. The fourth-order valence-corrected chi connectivity index (χ4v) is 3.65. The third kappa shape index (κ3) is 3.09. The molecule has 1 aromatic carbocycles. The van der Waals surface area contributed by atoms with Crippen LogP contribution < -0.4 is 0 Å². The quantitative estimate of drug-likeness (QED) is 0.540. The predicted octanol–water partition coefficient (Wildman–Crippen LogP) is 4.76. The van der Waals surface area contributed by atoms with E-state index in [1.807, 2.05) is 0 Å². The second-order valence-electron chi connectivity index (χ2n) is 4.44. The van der Waals surface area contributed by atoms with E-state index in [0.717, 1.165) is 6.20 Å². The zero-order valence-electron chi connectivity index (χ0n) is 11.0. The molecular weight excluding hydrogens is 392 g/mol. The van der Waals surface area contributed by atoms with Gasteiger partial charge < -0.3 is 9.94 Å². The Morgan fingerprint density at radius 3 is 2.14 bits per heavy atom. The molecule has 0 bridgehead atoms. The van der Waals surface area contributed by atoms with Gasteiger partial charge in [-0.15, -0.1) is 0 Å². The molecule has 0 saturated heterocycles. The van der Waals surface area contributed by atoms with Gasteiger partial charge in [-0.25, -0.2) is 0 Å². The van der Waals surface area contributed by atoms with E-state index in [-0.39, 0.29) is 36.8 Å². The Balaban J connectivity index is 2.75. The van der Waals surface area contributed by atoms with Gasteiger partial charge in [-0.1, -0.05) is 52.5 Å². The number of hydrogen-bond acceptors (Lipinski definition) is 3. The number of hydrogen-bond donors (Lipinski definition) is 0. The van der Waals surface area contributed by atoms with Crippen molar-refractivity contribution in [2.24, 2.45) is 0 Å². The van der Waals surface area contributed by atoms with Crippen LogP contribution in [0.5, 0.6) is 0 Å². The molecule has 2 aromatic rings. The van der Waals surface area contributed by atoms with E-state index < -0.39 is 14.9 Å². The van der Waals surface area contributed by atoms with Crippen molar-refractivity contribution in [3.63, 3.8) is 0 Å². The summed E-state index contributed by atoms with van der Waals surface area (Å²) in [5.41, 5.74) is 1.13. The Morgan fingerprint density at radius 1 is 1.09 bits per heavy atom. The minimum Gasteiger partial charge on any atom is -0.805 e. The lowest BCUT2D eigenvalue weighted by atomic mass is 10.0. The van der Waals surface area contributed by atoms with Crippen LogP contribution in [-0.4, -0.2) is 13.1 Å². The monoisotopic (exact) mass is 398 g/mol. The average Bonchev–Trinajstić information content (AvgIpc) is 2.47. The highest BCUT2D eigenvalue weighted by Gasteiger charge is 2.18. The van der Waals surface area contributed by atoms with Crippen molar-refractivity contribution in [3.8, 4) is 0 Å². The van der Waals surface area contributed by atoms with Crippen LogP contribution in [0.2, 0.25) is 20.1 Å². The topological polar surface area (TPSA) is 62.1 Å². The molecule has 0 aliphatic carbocycles. The molecule has 118 valence electrons. The minimum absolute atomic E-state index is 0.00375. The van der Waals surface area contributed by atoms with Crippen LogP contribution in [0.3, 0.4) is 0 Å². The second kappa shape index (κ2) is 6.72. The van der Waals surface area contributed by atoms with Crippen molar-refractivity contribution < 1.29 is 8.42 Å². The summed E-state index contributed by atoms with van der Waals surface area (Å²) in [7, 11) is -2.71. The van der Waals surface area contributed by atoms with Crippen LogP contribution in [-0.2, 0) is 16.7 Å². The molecule has 0 spiro atoms. The van der Waals surface area contributed by atoms with Gasteiger partial charge in [-0.3, -0.25) is 0 Å². The van der Waals surface area contributed by atoms with E-state index in [0.29, 0.717) is 11.1 Å². The van der Waals surface area contributed by atoms with Crippen molar-refractivity contribution in [2.75, 3.05) is 0 Å². The summed E-state index contributed by atoms with van der Waals surface area (Å²) >= 11 is 24.6. The molecule has 1 heterocycles. The van der Waals surface area contributed by atoms with E-state index in [1.165, 1.54) is 12.1 Å². The third-order valence-corrected chi connectivity index (χ3v) is 5.82. The van der Waals surface area contributed by atoms with Gasteiger partial charge in [0.15, 0.2) is 4.64 Å². The van der Waals surface area contributed by atoms with Crippen molar-refractivity contribution in [2.45, 2.75) is 13.3 Å². The van der Waals surface area contributed by atoms with Crippen LogP contribution in [0, 0.1) is 16.8 Å². The Hall–Kier alpha value is -0.850. The number of nitrogens with zero attached hydrogens (tertiary/aromatic N) is 1. The maximum Gasteiger partial charge on any atom is 0.238 e. The fourth-order valence-electron chi connectivity index (χ4n) is 1.97. The highest BCUT2D eigenvalue weighted by atomic mass is 35.5. The van der Waals surface area contributed by atoms with Gasteiger partial charge >= 0.3 is 0 Å². The molecule has 0 amide bonds. The Bertz CT molecular complexity index is 898. The first-order chi connectivity index (χ1) is 10.3. The van der Waals surface area contributed by atoms with Crippen molar-refractivity contribution in [1.82, 2.24) is 4.73 Å². The zero-order chi connectivity index (χ0) is 16.6. The number of halogens is 4. The van der Waals surface area contributed by atoms with Gasteiger partial charge in [-0.05, 0) is 35.9 Å². The van der Waals surface area contributed by atoms with Crippen molar-refractivity contribution in [1.29, 1.82) is 0 Å². The SMILES string of the molecule is Cc1c(Cl)c(Cl)c(Cc2cccn([O-])c2=S(=O)=O)c(Cl)c1Cl. The van der Waals surface area contributed by atoms with E-state index in [1.54, 1.807) is 6.92 Å². The van der Waals surface area contributed by atoms with Gasteiger partial charge in [0.2, 0.25) is 10.3 Å². The lowest BCUT2D eigenvalue weighted by Crippen LogP contribution is -2.01. The van der Waals surface area contributed by atoms with Crippen LogP contribution in [0.1, 0.15) is 16.7 Å². The van der Waals surface area contributed by atoms with E-state index in [2.05, 4.69) is 0 Å². The molecule has 2 rings (SSSR count). The first-order valence-electron chi connectivity index (χ1n) is 5.87. The number of rotatable bonds is 2. The highest BCUT2D eigenvalue weighted by molar-refractivity contribution is 7.63. The van der Waals surface area contributed by atoms with Crippen molar-refractivity contribution in [3.05, 3.63) is 65.0 Å². The Kier molecular flexibility index (Phi) is 5.35. The molecule has 1 aromatic heterocycles. The molecule has 0 saturated carbocycles. The maximum atomic E-state index is 11.6. The van der Waals surface area contributed by atoms with E-state index >= 15 is 0 Å². The van der Waals surface area contributed by atoms with Gasteiger partial charge in [0.1, 0.15) is 0 Å². The first kappa shape index (κ1) is 17.5. The second-order valence-corrected chi connectivity index (χ2v) is 6.80. The molecule has 0 aliphatic heterocycles. The van der Waals surface area contributed by atoms with E-state index in [9.17, 15) is 13.6 Å². The largest absolute Gasteiger partial charge is 0.805 e. The van der Waals surface area contributed by atoms with Crippen molar-refractivity contribution >= 4 is 56.7 Å². The number of benzene rings is 1. The maximum absolute atomic E-state index is 11.6. The summed E-state index contributed by atoms with van der Waals surface area (Å²) in [5.74, 6) is 0. The Labute approximate surface area is 147 Å². The van der Waals surface area contributed by atoms with Gasteiger partial charge in [-0.2, -0.15) is 8.42 Å². The lowest BCUT2D eigenvalue weighted by molar-refractivity contribution is 0.623. The molecule has 0 aliphatic rings. The summed E-state index contributed by atoms with van der Waals surface area (Å²) in [4.78, 5) is 0. The summed E-state index contributed by atoms with van der Waals surface area (Å²) in [5, 5.41) is 12.5. The number of pyridine rings is 1. The van der Waals surface area contributed by atoms with E-state index in [4.69, 9.17) is 46.4 Å². The molecule has 0 unspecified atom stereocenters. The predicted molar refractivity (Wildman–Crippen MR) is 89.4 cm³/mol. The molecule has 0 atom stereocenters. The standard InChI is InChI=1S/C13H8Cl4NO3S/c1-6-9(14)11(16)8(12(17)10(6)15)5-7-3-2-4-18(19)13(7)22(20)21/h2-4H,5H2,1H3/q-1. The molecule has 0 fully saturated rings. The average molecular weight is 400 g/mol. The normalized spacial score (nSPS) is 10.8. The van der Waals surface area contributed by atoms with Crippen LogP contribution in [0.4, 0.5) is 0 Å². The summed E-state index contributed by atoms with van der Waals surface area (Å²) in [6.07, 6.45) is 1.09. The van der Waals surface area contributed by atoms with Gasteiger partial charge in [0.25, 0.3) is 0 Å². The summed E-state index contributed by atoms with van der Waals surface area (Å²) in [6, 6.07) is 2.92. The zero-order valence-corrected chi connectivity index (χ0v) is 14.9. The summed E-state index contributed by atoms with van der Waals surface area (Å²) in [6.45, 7) is 1.67. The third-order valence-electron chi connectivity index (χ3n) is 3.09. The number of aromatic nitrogens is 1.